The first-order chi connectivity index (χ1) is 7.99. The summed E-state index contributed by atoms with van der Waals surface area (Å²) in [6, 6.07) is 5.56. The number of benzene rings is 1. The first kappa shape index (κ1) is 12.0. The van der Waals surface area contributed by atoms with Gasteiger partial charge in [-0.15, -0.1) is 0 Å². The normalized spacial score (nSPS) is 11.1. The van der Waals surface area contributed by atoms with Crippen LogP contribution in [0.3, 0.4) is 0 Å². The van der Waals surface area contributed by atoms with Gasteiger partial charge in [0.1, 0.15) is 11.6 Å². The molecule has 17 heavy (non-hydrogen) atoms. The van der Waals surface area contributed by atoms with Gasteiger partial charge in [-0.2, -0.15) is 5.10 Å². The van der Waals surface area contributed by atoms with Gasteiger partial charge in [0.05, 0.1) is 10.2 Å². The van der Waals surface area contributed by atoms with Crippen molar-refractivity contribution in [3.8, 4) is 17.0 Å². The molecule has 0 saturated carbocycles. The highest BCUT2D eigenvalue weighted by Gasteiger charge is 2.13. The molecular formula is C12H14BrN3O. The SMILES string of the molecule is CC(C)c1cc(Br)c(O)c(-c2cc(N)n[nH]2)c1. The van der Waals surface area contributed by atoms with Gasteiger partial charge in [0.25, 0.3) is 0 Å². The van der Waals surface area contributed by atoms with Crippen LogP contribution in [0.5, 0.6) is 5.75 Å². The summed E-state index contributed by atoms with van der Waals surface area (Å²) in [6.07, 6.45) is 0. The van der Waals surface area contributed by atoms with Crippen LogP contribution in [0, 0.1) is 0 Å². The Morgan fingerprint density at radius 1 is 1.35 bits per heavy atom. The van der Waals surface area contributed by atoms with E-state index in [1.165, 1.54) is 0 Å². The molecule has 1 heterocycles. The smallest absolute Gasteiger partial charge is 0.145 e. The summed E-state index contributed by atoms with van der Waals surface area (Å²) in [7, 11) is 0. The number of aromatic hydroxyl groups is 1. The number of hydrogen-bond acceptors (Lipinski definition) is 3. The first-order valence-corrected chi connectivity index (χ1v) is 6.12. The zero-order valence-electron chi connectivity index (χ0n) is 9.66. The Kier molecular flexibility index (Phi) is 3.11. The number of rotatable bonds is 2. The minimum atomic E-state index is 0.193. The molecule has 5 heteroatoms. The molecule has 1 aromatic carbocycles. The number of anilines is 1. The molecular weight excluding hydrogens is 282 g/mol. The van der Waals surface area contributed by atoms with Crippen LogP contribution in [-0.4, -0.2) is 15.3 Å². The minimum absolute atomic E-state index is 0.193. The molecule has 0 fully saturated rings. The number of nitrogens with zero attached hydrogens (tertiary/aromatic N) is 1. The molecule has 1 aromatic heterocycles. The Morgan fingerprint density at radius 2 is 2.06 bits per heavy atom. The molecule has 2 rings (SSSR count). The lowest BCUT2D eigenvalue weighted by Crippen LogP contribution is -1.90. The Bertz CT molecular complexity index is 549. The van der Waals surface area contributed by atoms with Crippen molar-refractivity contribution < 1.29 is 5.11 Å². The summed E-state index contributed by atoms with van der Waals surface area (Å²) in [5, 5.41) is 16.7. The van der Waals surface area contributed by atoms with Gasteiger partial charge < -0.3 is 10.8 Å². The summed E-state index contributed by atoms with van der Waals surface area (Å²) in [5.74, 6) is 0.981. The fourth-order valence-corrected chi connectivity index (χ4v) is 2.11. The van der Waals surface area contributed by atoms with Crippen molar-refractivity contribution >= 4 is 21.7 Å². The Balaban J connectivity index is 2.60. The van der Waals surface area contributed by atoms with E-state index < -0.39 is 0 Å². The van der Waals surface area contributed by atoms with E-state index in [9.17, 15) is 5.11 Å². The van der Waals surface area contributed by atoms with E-state index >= 15 is 0 Å². The molecule has 0 atom stereocenters. The predicted molar refractivity (Wildman–Crippen MR) is 71.9 cm³/mol. The van der Waals surface area contributed by atoms with Gasteiger partial charge in [0.2, 0.25) is 0 Å². The van der Waals surface area contributed by atoms with Crippen molar-refractivity contribution in [2.45, 2.75) is 19.8 Å². The molecule has 0 radical (unpaired) electrons. The fraction of sp³-hybridized carbons (Fsp3) is 0.250. The molecule has 0 aliphatic heterocycles. The van der Waals surface area contributed by atoms with Crippen LogP contribution >= 0.6 is 15.9 Å². The molecule has 4 nitrogen and oxygen atoms in total. The molecule has 0 aliphatic rings. The van der Waals surface area contributed by atoms with Crippen molar-refractivity contribution in [3.05, 3.63) is 28.2 Å². The summed E-state index contributed by atoms with van der Waals surface area (Å²) < 4.78 is 0.673. The van der Waals surface area contributed by atoms with Crippen LogP contribution in [0.4, 0.5) is 5.82 Å². The maximum absolute atomic E-state index is 10.0. The average Bonchev–Trinajstić information content (AvgIpc) is 2.68. The molecule has 0 saturated heterocycles. The highest BCUT2D eigenvalue weighted by molar-refractivity contribution is 9.10. The van der Waals surface area contributed by atoms with E-state index in [0.29, 0.717) is 27.5 Å². The standard InChI is InChI=1S/C12H14BrN3O/c1-6(2)7-3-8(12(17)9(13)4-7)10-5-11(14)16-15-10/h3-6,17H,1-2H3,(H3,14,15,16). The number of nitrogens with one attached hydrogen (secondary N) is 1. The van der Waals surface area contributed by atoms with Gasteiger partial charge in [0.15, 0.2) is 0 Å². The van der Waals surface area contributed by atoms with Crippen molar-refractivity contribution in [2.24, 2.45) is 0 Å². The van der Waals surface area contributed by atoms with Gasteiger partial charge in [-0.3, -0.25) is 5.10 Å². The van der Waals surface area contributed by atoms with Crippen LogP contribution < -0.4 is 5.73 Å². The van der Waals surface area contributed by atoms with Crippen molar-refractivity contribution in [1.82, 2.24) is 10.2 Å². The number of aromatic amines is 1. The maximum atomic E-state index is 10.0. The Labute approximate surface area is 108 Å². The van der Waals surface area contributed by atoms with E-state index in [1.807, 2.05) is 12.1 Å². The van der Waals surface area contributed by atoms with Gasteiger partial charge in [-0.1, -0.05) is 13.8 Å². The summed E-state index contributed by atoms with van der Waals surface area (Å²) in [5.41, 5.74) is 8.12. The van der Waals surface area contributed by atoms with E-state index in [2.05, 4.69) is 40.0 Å². The van der Waals surface area contributed by atoms with Gasteiger partial charge in [-0.05, 0) is 39.5 Å². The first-order valence-electron chi connectivity index (χ1n) is 5.32. The molecule has 0 spiro atoms. The van der Waals surface area contributed by atoms with Crippen molar-refractivity contribution in [3.63, 3.8) is 0 Å². The number of phenolic OH excluding ortho intramolecular Hbond substituents is 1. The third-order valence-electron chi connectivity index (χ3n) is 2.64. The Hall–Kier alpha value is -1.49. The molecule has 4 N–H and O–H groups in total. The quantitative estimate of drug-likeness (QED) is 0.796. The second kappa shape index (κ2) is 4.41. The third kappa shape index (κ3) is 2.29. The average molecular weight is 296 g/mol. The highest BCUT2D eigenvalue weighted by atomic mass is 79.9. The zero-order valence-corrected chi connectivity index (χ0v) is 11.2. The van der Waals surface area contributed by atoms with E-state index in [1.54, 1.807) is 6.07 Å². The summed E-state index contributed by atoms with van der Waals surface area (Å²) in [4.78, 5) is 0. The maximum Gasteiger partial charge on any atom is 0.145 e. The van der Waals surface area contributed by atoms with Crippen LogP contribution in [0.1, 0.15) is 25.3 Å². The summed E-state index contributed by atoms with van der Waals surface area (Å²) in [6.45, 7) is 4.20. The van der Waals surface area contributed by atoms with Crippen molar-refractivity contribution in [2.75, 3.05) is 5.73 Å². The van der Waals surface area contributed by atoms with E-state index in [-0.39, 0.29) is 5.75 Å². The van der Waals surface area contributed by atoms with Crippen LogP contribution in [0.25, 0.3) is 11.3 Å². The van der Waals surface area contributed by atoms with Gasteiger partial charge in [0, 0.05) is 11.6 Å². The minimum Gasteiger partial charge on any atom is -0.506 e. The lowest BCUT2D eigenvalue weighted by atomic mass is 9.99. The number of aromatic nitrogens is 2. The fourth-order valence-electron chi connectivity index (χ4n) is 1.63. The lowest BCUT2D eigenvalue weighted by Gasteiger charge is -2.11. The third-order valence-corrected chi connectivity index (χ3v) is 3.24. The van der Waals surface area contributed by atoms with Crippen LogP contribution in [-0.2, 0) is 0 Å². The molecule has 0 amide bonds. The molecule has 2 aromatic rings. The molecule has 0 bridgehead atoms. The number of nitrogens with two attached hydrogens (primary N) is 1. The van der Waals surface area contributed by atoms with Gasteiger partial charge >= 0.3 is 0 Å². The topological polar surface area (TPSA) is 74.9 Å². The Morgan fingerprint density at radius 3 is 2.59 bits per heavy atom. The van der Waals surface area contributed by atoms with E-state index in [0.717, 1.165) is 5.56 Å². The number of H-pyrrole nitrogens is 1. The highest BCUT2D eigenvalue weighted by Crippen LogP contribution is 2.37. The van der Waals surface area contributed by atoms with Crippen LogP contribution in [0.15, 0.2) is 22.7 Å². The number of phenols is 1. The zero-order chi connectivity index (χ0) is 12.6. The number of halogens is 1. The second-order valence-corrected chi connectivity index (χ2v) is 5.11. The van der Waals surface area contributed by atoms with E-state index in [4.69, 9.17) is 5.73 Å². The monoisotopic (exact) mass is 295 g/mol. The van der Waals surface area contributed by atoms with Crippen LogP contribution in [0.2, 0.25) is 0 Å². The van der Waals surface area contributed by atoms with Gasteiger partial charge in [-0.25, -0.2) is 0 Å². The second-order valence-electron chi connectivity index (χ2n) is 4.26. The lowest BCUT2D eigenvalue weighted by molar-refractivity contribution is 0.473. The number of nitrogen functional groups attached to an aromatic ring is 1. The molecule has 90 valence electrons. The predicted octanol–water partition coefficient (Wildman–Crippen LogP) is 3.25. The number of hydrogen-bond donors (Lipinski definition) is 3. The van der Waals surface area contributed by atoms with Crippen molar-refractivity contribution in [1.29, 1.82) is 0 Å². The molecule has 0 unspecified atom stereocenters. The molecule has 0 aliphatic carbocycles. The largest absolute Gasteiger partial charge is 0.506 e. The summed E-state index contributed by atoms with van der Waals surface area (Å²) >= 11 is 3.35.